The average molecular weight is 342 g/mol. The fourth-order valence-corrected chi connectivity index (χ4v) is 2.88. The van der Waals surface area contributed by atoms with E-state index >= 15 is 0 Å². The van der Waals surface area contributed by atoms with Crippen LogP contribution in [0.2, 0.25) is 5.02 Å². The zero-order valence-electron chi connectivity index (χ0n) is 12.8. The third-order valence-electron chi connectivity index (χ3n) is 3.79. The van der Waals surface area contributed by atoms with Crippen LogP contribution < -0.4 is 5.32 Å². The lowest BCUT2D eigenvalue weighted by Gasteiger charge is -2.31. The fraction of sp³-hybridized carbons (Fsp3) is 0.438. The van der Waals surface area contributed by atoms with Gasteiger partial charge < -0.3 is 9.73 Å². The number of nitrogens with zero attached hydrogens (tertiary/aromatic N) is 2. The second kappa shape index (κ2) is 7.47. The van der Waals surface area contributed by atoms with Crippen molar-refractivity contribution >= 4 is 24.0 Å². The fourth-order valence-electron chi connectivity index (χ4n) is 2.69. The molecule has 0 bridgehead atoms. The van der Waals surface area contributed by atoms with Crippen molar-refractivity contribution in [2.45, 2.75) is 26.4 Å². The molecule has 1 aromatic carbocycles. The molecule has 0 amide bonds. The zero-order chi connectivity index (χ0) is 14.8. The molecule has 0 spiro atoms. The van der Waals surface area contributed by atoms with Crippen molar-refractivity contribution in [2.24, 2.45) is 0 Å². The first-order valence-corrected chi connectivity index (χ1v) is 7.67. The van der Waals surface area contributed by atoms with Crippen LogP contribution in [-0.2, 0) is 6.54 Å². The van der Waals surface area contributed by atoms with Crippen LogP contribution in [0.15, 0.2) is 28.7 Å². The minimum atomic E-state index is 0. The first kappa shape index (κ1) is 17.3. The van der Waals surface area contributed by atoms with Crippen LogP contribution in [-0.4, -0.2) is 35.6 Å². The van der Waals surface area contributed by atoms with E-state index in [1.165, 1.54) is 0 Å². The van der Waals surface area contributed by atoms with Gasteiger partial charge >= 0.3 is 0 Å². The molecule has 1 N–H and O–H groups in total. The van der Waals surface area contributed by atoms with E-state index in [0.29, 0.717) is 17.0 Å². The van der Waals surface area contributed by atoms with E-state index in [-0.39, 0.29) is 12.4 Å². The summed E-state index contributed by atoms with van der Waals surface area (Å²) in [5.41, 5.74) is 1.93. The number of aromatic nitrogens is 1. The number of hydrogen-bond donors (Lipinski definition) is 1. The third-order valence-corrected chi connectivity index (χ3v) is 4.03. The Labute approximate surface area is 142 Å². The lowest BCUT2D eigenvalue weighted by Crippen LogP contribution is -2.48. The van der Waals surface area contributed by atoms with Crippen LogP contribution in [0.3, 0.4) is 0 Å². The first-order chi connectivity index (χ1) is 10.1. The molecule has 3 rings (SSSR count). The maximum absolute atomic E-state index is 6.03. The molecular weight excluding hydrogens is 321 g/mol. The zero-order valence-corrected chi connectivity index (χ0v) is 14.4. The Morgan fingerprint density at radius 1 is 1.45 bits per heavy atom. The number of hydrogen-bond acceptors (Lipinski definition) is 4. The second-order valence-corrected chi connectivity index (χ2v) is 6.06. The van der Waals surface area contributed by atoms with Gasteiger partial charge in [0.25, 0.3) is 0 Å². The molecule has 22 heavy (non-hydrogen) atoms. The second-order valence-electron chi connectivity index (χ2n) is 5.62. The minimum absolute atomic E-state index is 0. The van der Waals surface area contributed by atoms with Crippen LogP contribution >= 0.6 is 24.0 Å². The van der Waals surface area contributed by atoms with Crippen LogP contribution in [0, 0.1) is 6.92 Å². The summed E-state index contributed by atoms with van der Waals surface area (Å²) >= 11 is 6.03. The monoisotopic (exact) mass is 341 g/mol. The maximum atomic E-state index is 6.03. The molecule has 1 fully saturated rings. The summed E-state index contributed by atoms with van der Waals surface area (Å²) < 4.78 is 5.81. The molecule has 0 saturated carbocycles. The summed E-state index contributed by atoms with van der Waals surface area (Å²) in [4.78, 5) is 7.06. The standard InChI is InChI=1S/C16H20ClN3O.ClH/c1-11-9-20(7-6-18-11)10-15-12(2)21-16(19-15)13-4-3-5-14(17)8-13;/h3-5,8,11,18H,6-7,9-10H2,1-2H3;1H. The molecule has 1 atom stereocenters. The van der Waals surface area contributed by atoms with E-state index in [2.05, 4.69) is 22.1 Å². The molecule has 1 aromatic heterocycles. The molecule has 0 aliphatic carbocycles. The van der Waals surface area contributed by atoms with Crippen molar-refractivity contribution in [2.75, 3.05) is 19.6 Å². The normalized spacial score (nSPS) is 19.0. The Balaban J connectivity index is 0.00000176. The van der Waals surface area contributed by atoms with Crippen molar-refractivity contribution in [1.82, 2.24) is 15.2 Å². The quantitative estimate of drug-likeness (QED) is 0.927. The van der Waals surface area contributed by atoms with E-state index in [4.69, 9.17) is 16.0 Å². The summed E-state index contributed by atoms with van der Waals surface area (Å²) in [5.74, 6) is 1.53. The number of halogens is 2. The highest BCUT2D eigenvalue weighted by atomic mass is 35.5. The van der Waals surface area contributed by atoms with Gasteiger partial charge in [-0.2, -0.15) is 0 Å². The number of oxazole rings is 1. The van der Waals surface area contributed by atoms with Crippen molar-refractivity contribution < 1.29 is 4.42 Å². The number of rotatable bonds is 3. The van der Waals surface area contributed by atoms with Gasteiger partial charge in [0.05, 0.1) is 5.69 Å². The molecule has 6 heteroatoms. The summed E-state index contributed by atoms with van der Waals surface area (Å²) in [7, 11) is 0. The molecule has 1 aliphatic rings. The van der Waals surface area contributed by atoms with Gasteiger partial charge in [0, 0.05) is 42.8 Å². The van der Waals surface area contributed by atoms with Gasteiger partial charge in [-0.3, -0.25) is 4.90 Å². The number of aryl methyl sites for hydroxylation is 1. The van der Waals surface area contributed by atoms with E-state index in [9.17, 15) is 0 Å². The van der Waals surface area contributed by atoms with Crippen LogP contribution in [0.5, 0.6) is 0 Å². The number of nitrogens with one attached hydrogen (secondary N) is 1. The lowest BCUT2D eigenvalue weighted by molar-refractivity contribution is 0.197. The topological polar surface area (TPSA) is 41.3 Å². The van der Waals surface area contributed by atoms with Crippen LogP contribution in [0.25, 0.3) is 11.5 Å². The van der Waals surface area contributed by atoms with Gasteiger partial charge in [-0.15, -0.1) is 12.4 Å². The summed E-state index contributed by atoms with van der Waals surface area (Å²) in [6, 6.07) is 8.13. The van der Waals surface area contributed by atoms with E-state index in [1.54, 1.807) is 0 Å². The summed E-state index contributed by atoms with van der Waals surface area (Å²) in [5, 5.41) is 4.14. The van der Waals surface area contributed by atoms with Gasteiger partial charge in [0.2, 0.25) is 5.89 Å². The third kappa shape index (κ3) is 4.02. The Morgan fingerprint density at radius 2 is 2.27 bits per heavy atom. The highest BCUT2D eigenvalue weighted by Gasteiger charge is 2.19. The molecule has 2 heterocycles. The Hall–Kier alpha value is -1.07. The average Bonchev–Trinajstić information content (AvgIpc) is 2.80. The van der Waals surface area contributed by atoms with Crippen molar-refractivity contribution in [1.29, 1.82) is 0 Å². The molecule has 1 aliphatic heterocycles. The van der Waals surface area contributed by atoms with E-state index < -0.39 is 0 Å². The SMILES string of the molecule is Cc1oc(-c2cccc(Cl)c2)nc1CN1CCNC(C)C1.Cl. The molecule has 2 aromatic rings. The van der Waals surface area contributed by atoms with Crippen LogP contribution in [0.4, 0.5) is 0 Å². The Bertz CT molecular complexity index is 630. The van der Waals surface area contributed by atoms with Crippen molar-refractivity contribution in [3.05, 3.63) is 40.7 Å². The molecule has 0 radical (unpaired) electrons. The van der Waals surface area contributed by atoms with Gasteiger partial charge in [-0.1, -0.05) is 17.7 Å². The van der Waals surface area contributed by atoms with E-state index in [0.717, 1.165) is 43.2 Å². The highest BCUT2D eigenvalue weighted by Crippen LogP contribution is 2.25. The van der Waals surface area contributed by atoms with Crippen molar-refractivity contribution in [3.8, 4) is 11.5 Å². The van der Waals surface area contributed by atoms with Gasteiger partial charge in [-0.05, 0) is 32.0 Å². The smallest absolute Gasteiger partial charge is 0.226 e. The largest absolute Gasteiger partial charge is 0.441 e. The molecule has 1 unspecified atom stereocenters. The van der Waals surface area contributed by atoms with E-state index in [1.807, 2.05) is 31.2 Å². The predicted molar refractivity (Wildman–Crippen MR) is 91.7 cm³/mol. The first-order valence-electron chi connectivity index (χ1n) is 7.30. The van der Waals surface area contributed by atoms with Gasteiger partial charge in [-0.25, -0.2) is 4.98 Å². The van der Waals surface area contributed by atoms with Crippen molar-refractivity contribution in [3.63, 3.8) is 0 Å². The Morgan fingerprint density at radius 3 is 3.00 bits per heavy atom. The lowest BCUT2D eigenvalue weighted by atomic mass is 10.2. The van der Waals surface area contributed by atoms with Gasteiger partial charge in [0.15, 0.2) is 0 Å². The maximum Gasteiger partial charge on any atom is 0.226 e. The van der Waals surface area contributed by atoms with Gasteiger partial charge in [0.1, 0.15) is 5.76 Å². The van der Waals surface area contributed by atoms with Crippen LogP contribution in [0.1, 0.15) is 18.4 Å². The minimum Gasteiger partial charge on any atom is -0.441 e. The number of benzene rings is 1. The molecule has 120 valence electrons. The predicted octanol–water partition coefficient (Wildman–Crippen LogP) is 3.52. The molecule has 1 saturated heterocycles. The highest BCUT2D eigenvalue weighted by molar-refractivity contribution is 6.30. The Kier molecular flexibility index (Phi) is 5.87. The summed E-state index contributed by atoms with van der Waals surface area (Å²) in [6.45, 7) is 8.13. The molecular formula is C16H21Cl2N3O. The number of piperazine rings is 1. The molecule has 4 nitrogen and oxygen atoms in total. The summed E-state index contributed by atoms with van der Waals surface area (Å²) in [6.07, 6.45) is 0.